The third-order valence-corrected chi connectivity index (χ3v) is 4.44. The van der Waals surface area contributed by atoms with Crippen LogP contribution in [0.5, 0.6) is 0 Å². The van der Waals surface area contributed by atoms with Crippen LogP contribution in [0.1, 0.15) is 58.9 Å². The summed E-state index contributed by atoms with van der Waals surface area (Å²) in [6.45, 7) is 12.4. The van der Waals surface area contributed by atoms with Crippen molar-refractivity contribution in [3.05, 3.63) is 18.0 Å². The summed E-state index contributed by atoms with van der Waals surface area (Å²) in [5.74, 6) is 3.03. The maximum Gasteiger partial charge on any atom is 0.225 e. The molecule has 106 valence electrons. The van der Waals surface area contributed by atoms with Gasteiger partial charge < -0.3 is 4.90 Å². The Morgan fingerprint density at radius 3 is 2.26 bits per heavy atom. The molecule has 0 amide bonds. The van der Waals surface area contributed by atoms with Gasteiger partial charge in [0.1, 0.15) is 0 Å². The Kier molecular flexibility index (Phi) is 4.43. The van der Waals surface area contributed by atoms with E-state index in [1.165, 1.54) is 18.4 Å². The first-order valence-corrected chi connectivity index (χ1v) is 7.57. The Balaban J connectivity index is 2.06. The molecule has 2 unspecified atom stereocenters. The van der Waals surface area contributed by atoms with Crippen molar-refractivity contribution in [1.29, 1.82) is 0 Å². The molecule has 1 aromatic heterocycles. The van der Waals surface area contributed by atoms with Gasteiger partial charge in [0, 0.05) is 25.0 Å². The van der Waals surface area contributed by atoms with E-state index in [9.17, 15) is 0 Å². The minimum Gasteiger partial charge on any atom is -0.338 e. The molecule has 2 atom stereocenters. The molecule has 0 aromatic carbocycles. The first kappa shape index (κ1) is 14.3. The predicted octanol–water partition coefficient (Wildman–Crippen LogP) is 3.86. The van der Waals surface area contributed by atoms with E-state index in [-0.39, 0.29) is 0 Å². The Morgan fingerprint density at radius 1 is 1.16 bits per heavy atom. The van der Waals surface area contributed by atoms with E-state index < -0.39 is 0 Å². The van der Waals surface area contributed by atoms with Crippen LogP contribution in [-0.2, 0) is 0 Å². The number of piperidine rings is 1. The van der Waals surface area contributed by atoms with Gasteiger partial charge in [0.15, 0.2) is 0 Å². The van der Waals surface area contributed by atoms with Crippen molar-refractivity contribution in [2.24, 2.45) is 11.8 Å². The normalized spacial score (nSPS) is 24.3. The van der Waals surface area contributed by atoms with Crippen LogP contribution in [0.25, 0.3) is 0 Å². The highest BCUT2D eigenvalue weighted by Crippen LogP contribution is 2.30. The van der Waals surface area contributed by atoms with Crippen molar-refractivity contribution in [3.63, 3.8) is 0 Å². The number of anilines is 1. The Labute approximate surface area is 117 Å². The molecule has 3 nitrogen and oxygen atoms in total. The van der Waals surface area contributed by atoms with E-state index >= 15 is 0 Å². The molecular formula is C16H27N3. The molecule has 0 bridgehead atoms. The van der Waals surface area contributed by atoms with Crippen LogP contribution in [-0.4, -0.2) is 22.6 Å². The Bertz CT molecular complexity index is 397. The van der Waals surface area contributed by atoms with Crippen LogP contribution >= 0.6 is 0 Å². The molecule has 1 fully saturated rings. The first-order chi connectivity index (χ1) is 8.99. The van der Waals surface area contributed by atoms with E-state index in [0.717, 1.165) is 24.3 Å². The molecule has 0 N–H and O–H groups in total. The molecule has 1 aromatic rings. The zero-order valence-corrected chi connectivity index (χ0v) is 12.9. The van der Waals surface area contributed by atoms with Crippen LogP contribution in [0.3, 0.4) is 0 Å². The Morgan fingerprint density at radius 2 is 1.79 bits per heavy atom. The molecule has 2 heterocycles. The highest BCUT2D eigenvalue weighted by atomic mass is 15.3. The smallest absolute Gasteiger partial charge is 0.225 e. The fraction of sp³-hybridized carbons (Fsp3) is 0.750. The first-order valence-electron chi connectivity index (χ1n) is 7.57. The summed E-state index contributed by atoms with van der Waals surface area (Å²) >= 11 is 0. The number of nitrogens with zero attached hydrogens (tertiary/aromatic N) is 3. The molecule has 0 aliphatic carbocycles. The number of rotatable bonds is 3. The van der Waals surface area contributed by atoms with Gasteiger partial charge in [-0.15, -0.1) is 0 Å². The fourth-order valence-electron chi connectivity index (χ4n) is 2.89. The zero-order chi connectivity index (χ0) is 14.0. The minimum atomic E-state index is 0.498. The molecule has 1 aliphatic rings. The largest absolute Gasteiger partial charge is 0.338 e. The second-order valence-corrected chi connectivity index (χ2v) is 6.54. The lowest BCUT2D eigenvalue weighted by Gasteiger charge is -2.39. The van der Waals surface area contributed by atoms with E-state index in [2.05, 4.69) is 49.5 Å². The second kappa shape index (κ2) is 5.89. The maximum atomic E-state index is 4.56. The molecule has 0 saturated carbocycles. The zero-order valence-electron chi connectivity index (χ0n) is 12.9. The van der Waals surface area contributed by atoms with Gasteiger partial charge in [-0.25, -0.2) is 9.97 Å². The third-order valence-electron chi connectivity index (χ3n) is 4.44. The average Bonchev–Trinajstić information content (AvgIpc) is 2.38. The SMILES string of the molecule is CC(C)c1cnc(N2CCC(C(C)C)CC2C)nc1. The number of hydrogen-bond donors (Lipinski definition) is 0. The summed E-state index contributed by atoms with van der Waals surface area (Å²) in [4.78, 5) is 11.5. The highest BCUT2D eigenvalue weighted by Gasteiger charge is 2.28. The van der Waals surface area contributed by atoms with Gasteiger partial charge in [-0.2, -0.15) is 0 Å². The van der Waals surface area contributed by atoms with Crippen LogP contribution in [0, 0.1) is 11.8 Å². The number of aromatic nitrogens is 2. The van der Waals surface area contributed by atoms with Gasteiger partial charge in [0.2, 0.25) is 5.95 Å². The van der Waals surface area contributed by atoms with E-state index in [1.807, 2.05) is 12.4 Å². The van der Waals surface area contributed by atoms with Crippen molar-refractivity contribution < 1.29 is 0 Å². The molecule has 1 aliphatic heterocycles. The van der Waals surface area contributed by atoms with Gasteiger partial charge in [-0.1, -0.05) is 27.7 Å². The summed E-state index contributed by atoms with van der Waals surface area (Å²) in [6.07, 6.45) is 6.48. The molecule has 0 radical (unpaired) electrons. The maximum absolute atomic E-state index is 4.56. The van der Waals surface area contributed by atoms with Crippen LogP contribution in [0.2, 0.25) is 0 Å². The van der Waals surface area contributed by atoms with E-state index in [1.54, 1.807) is 0 Å². The van der Waals surface area contributed by atoms with Gasteiger partial charge in [0.25, 0.3) is 0 Å². The summed E-state index contributed by atoms with van der Waals surface area (Å²) < 4.78 is 0. The van der Waals surface area contributed by atoms with Crippen molar-refractivity contribution in [2.75, 3.05) is 11.4 Å². The monoisotopic (exact) mass is 261 g/mol. The van der Waals surface area contributed by atoms with E-state index in [0.29, 0.717) is 12.0 Å². The molecule has 3 heteroatoms. The lowest BCUT2D eigenvalue weighted by atomic mass is 9.83. The lowest BCUT2D eigenvalue weighted by Crippen LogP contribution is -2.42. The molecule has 1 saturated heterocycles. The summed E-state index contributed by atoms with van der Waals surface area (Å²) in [5, 5.41) is 0. The quantitative estimate of drug-likeness (QED) is 0.827. The standard InChI is InChI=1S/C16H27N3/c1-11(2)14-6-7-19(13(5)8-14)16-17-9-15(10-18-16)12(3)4/h9-14H,6-8H2,1-5H3. The molecular weight excluding hydrogens is 234 g/mol. The van der Waals surface area contributed by atoms with Gasteiger partial charge in [0.05, 0.1) is 0 Å². The van der Waals surface area contributed by atoms with Crippen molar-refractivity contribution in [1.82, 2.24) is 9.97 Å². The van der Waals surface area contributed by atoms with Crippen LogP contribution < -0.4 is 4.90 Å². The lowest BCUT2D eigenvalue weighted by molar-refractivity contribution is 0.276. The highest BCUT2D eigenvalue weighted by molar-refractivity contribution is 5.32. The predicted molar refractivity (Wildman–Crippen MR) is 80.5 cm³/mol. The molecule has 0 spiro atoms. The Hall–Kier alpha value is -1.12. The molecule has 2 rings (SSSR count). The molecule has 19 heavy (non-hydrogen) atoms. The van der Waals surface area contributed by atoms with Crippen molar-refractivity contribution in [2.45, 2.75) is 59.4 Å². The fourth-order valence-corrected chi connectivity index (χ4v) is 2.89. The van der Waals surface area contributed by atoms with Gasteiger partial charge in [-0.3, -0.25) is 0 Å². The minimum absolute atomic E-state index is 0.498. The summed E-state index contributed by atoms with van der Waals surface area (Å²) in [5.41, 5.74) is 1.22. The number of hydrogen-bond acceptors (Lipinski definition) is 3. The van der Waals surface area contributed by atoms with Crippen molar-refractivity contribution >= 4 is 5.95 Å². The second-order valence-electron chi connectivity index (χ2n) is 6.54. The van der Waals surface area contributed by atoms with Gasteiger partial charge in [-0.05, 0) is 43.1 Å². The average molecular weight is 261 g/mol. The third kappa shape index (κ3) is 3.26. The topological polar surface area (TPSA) is 29.0 Å². The van der Waals surface area contributed by atoms with Gasteiger partial charge >= 0.3 is 0 Å². The van der Waals surface area contributed by atoms with Crippen LogP contribution in [0.4, 0.5) is 5.95 Å². The summed E-state index contributed by atoms with van der Waals surface area (Å²) in [6, 6.07) is 0.547. The van der Waals surface area contributed by atoms with E-state index in [4.69, 9.17) is 0 Å². The summed E-state index contributed by atoms with van der Waals surface area (Å²) in [7, 11) is 0. The van der Waals surface area contributed by atoms with Crippen LogP contribution in [0.15, 0.2) is 12.4 Å². The van der Waals surface area contributed by atoms with Crippen molar-refractivity contribution in [3.8, 4) is 0 Å².